The second-order valence-corrected chi connectivity index (χ2v) is 4.79. The van der Waals surface area contributed by atoms with E-state index in [0.29, 0.717) is 12.5 Å². The lowest BCUT2D eigenvalue weighted by atomic mass is 9.75. The molecule has 0 saturated carbocycles. The molecule has 0 aliphatic carbocycles. The highest BCUT2D eigenvalue weighted by Crippen LogP contribution is 2.33. The normalized spacial score (nSPS) is 25.7. The van der Waals surface area contributed by atoms with Crippen molar-refractivity contribution in [3.63, 3.8) is 0 Å². The van der Waals surface area contributed by atoms with Gasteiger partial charge in [0.05, 0.1) is 6.10 Å². The van der Waals surface area contributed by atoms with Crippen LogP contribution in [-0.2, 0) is 4.74 Å². The van der Waals surface area contributed by atoms with E-state index in [1.54, 1.807) is 0 Å². The predicted molar refractivity (Wildman–Crippen MR) is 57.0 cm³/mol. The van der Waals surface area contributed by atoms with E-state index in [0.717, 1.165) is 32.5 Å². The minimum absolute atomic E-state index is 0.123. The Morgan fingerprint density at radius 3 is 2.50 bits per heavy atom. The van der Waals surface area contributed by atoms with Crippen LogP contribution in [0.4, 0.5) is 0 Å². The maximum absolute atomic E-state index is 9.69. The molecule has 1 heterocycles. The van der Waals surface area contributed by atoms with Crippen molar-refractivity contribution in [3.8, 4) is 0 Å². The number of hydrogen-bond donors (Lipinski definition) is 2. The lowest BCUT2D eigenvalue weighted by Crippen LogP contribution is -2.40. The summed E-state index contributed by atoms with van der Waals surface area (Å²) in [5.41, 5.74) is 5.61. The first-order valence-electron chi connectivity index (χ1n) is 5.54. The molecule has 3 N–H and O–H groups in total. The summed E-state index contributed by atoms with van der Waals surface area (Å²) in [5, 5.41) is 9.69. The van der Waals surface area contributed by atoms with Gasteiger partial charge in [-0.25, -0.2) is 0 Å². The Bertz CT molecular complexity index is 167. The molecule has 1 rings (SSSR count). The van der Waals surface area contributed by atoms with E-state index in [9.17, 15) is 5.11 Å². The summed E-state index contributed by atoms with van der Waals surface area (Å²) in [5.74, 6) is 0.673. The van der Waals surface area contributed by atoms with Crippen LogP contribution in [0.5, 0.6) is 0 Å². The fourth-order valence-corrected chi connectivity index (χ4v) is 2.03. The Hall–Kier alpha value is -0.120. The second kappa shape index (κ2) is 5.10. The van der Waals surface area contributed by atoms with Crippen LogP contribution in [0.1, 0.15) is 33.1 Å². The van der Waals surface area contributed by atoms with Crippen LogP contribution in [0.25, 0.3) is 0 Å². The smallest absolute Gasteiger partial charge is 0.0577 e. The van der Waals surface area contributed by atoms with Gasteiger partial charge < -0.3 is 15.6 Å². The summed E-state index contributed by atoms with van der Waals surface area (Å²) in [7, 11) is 0. The van der Waals surface area contributed by atoms with Gasteiger partial charge in [0.2, 0.25) is 0 Å². The average molecular weight is 201 g/mol. The van der Waals surface area contributed by atoms with E-state index >= 15 is 0 Å². The first-order chi connectivity index (χ1) is 6.58. The van der Waals surface area contributed by atoms with Gasteiger partial charge in [0.15, 0.2) is 0 Å². The number of rotatable bonds is 4. The predicted octanol–water partition coefficient (Wildman–Crippen LogP) is 1.15. The molecule has 0 spiro atoms. The molecule has 1 aliphatic rings. The highest BCUT2D eigenvalue weighted by Gasteiger charge is 2.32. The summed E-state index contributed by atoms with van der Waals surface area (Å²) in [6.07, 6.45) is 2.92. The van der Waals surface area contributed by atoms with Gasteiger partial charge in [-0.05, 0) is 32.1 Å². The molecule has 2 atom stereocenters. The number of ether oxygens (including phenoxy) is 1. The van der Waals surface area contributed by atoms with Crippen LogP contribution < -0.4 is 5.73 Å². The Kier molecular flexibility index (Phi) is 4.35. The fraction of sp³-hybridized carbons (Fsp3) is 1.00. The SMILES string of the molecule is CC(O)C(C)(CN)CC1CCOCC1. The molecular formula is C11H23NO2. The molecule has 1 fully saturated rings. The van der Waals surface area contributed by atoms with Gasteiger partial charge in [-0.3, -0.25) is 0 Å². The lowest BCUT2D eigenvalue weighted by Gasteiger charge is -2.36. The van der Waals surface area contributed by atoms with E-state index in [1.165, 1.54) is 0 Å². The van der Waals surface area contributed by atoms with Gasteiger partial charge in [0.25, 0.3) is 0 Å². The molecule has 0 aromatic heterocycles. The van der Waals surface area contributed by atoms with Crippen LogP contribution in [0.2, 0.25) is 0 Å². The molecule has 0 aromatic rings. The van der Waals surface area contributed by atoms with Crippen molar-refractivity contribution < 1.29 is 9.84 Å². The summed E-state index contributed by atoms with van der Waals surface area (Å²) in [6, 6.07) is 0. The molecule has 0 bridgehead atoms. The number of aliphatic hydroxyl groups is 1. The Morgan fingerprint density at radius 1 is 1.50 bits per heavy atom. The standard InChI is InChI=1S/C11H23NO2/c1-9(13)11(2,8-12)7-10-3-5-14-6-4-10/h9-10,13H,3-8,12H2,1-2H3. The Balaban J connectivity index is 2.46. The zero-order valence-corrected chi connectivity index (χ0v) is 9.33. The average Bonchev–Trinajstić information content (AvgIpc) is 2.19. The molecule has 0 radical (unpaired) electrons. The number of nitrogens with two attached hydrogens (primary N) is 1. The van der Waals surface area contributed by atoms with Crippen molar-refractivity contribution in [2.75, 3.05) is 19.8 Å². The van der Waals surface area contributed by atoms with Crippen molar-refractivity contribution in [2.24, 2.45) is 17.1 Å². The molecule has 2 unspecified atom stereocenters. The quantitative estimate of drug-likeness (QED) is 0.717. The van der Waals surface area contributed by atoms with Gasteiger partial charge in [0, 0.05) is 25.2 Å². The number of aliphatic hydroxyl groups excluding tert-OH is 1. The van der Waals surface area contributed by atoms with Crippen molar-refractivity contribution in [1.82, 2.24) is 0 Å². The first-order valence-corrected chi connectivity index (χ1v) is 5.54. The fourth-order valence-electron chi connectivity index (χ4n) is 2.03. The van der Waals surface area contributed by atoms with Crippen LogP contribution >= 0.6 is 0 Å². The van der Waals surface area contributed by atoms with E-state index in [2.05, 4.69) is 6.92 Å². The summed E-state index contributed by atoms with van der Waals surface area (Å²) in [6.45, 7) is 6.21. The van der Waals surface area contributed by atoms with Crippen molar-refractivity contribution in [1.29, 1.82) is 0 Å². The minimum atomic E-state index is -0.324. The monoisotopic (exact) mass is 201 g/mol. The van der Waals surface area contributed by atoms with E-state index in [4.69, 9.17) is 10.5 Å². The van der Waals surface area contributed by atoms with Crippen LogP contribution in [-0.4, -0.2) is 31.0 Å². The van der Waals surface area contributed by atoms with Gasteiger partial charge in [-0.2, -0.15) is 0 Å². The van der Waals surface area contributed by atoms with Crippen molar-refractivity contribution >= 4 is 0 Å². The molecule has 1 aliphatic heterocycles. The highest BCUT2D eigenvalue weighted by atomic mass is 16.5. The largest absolute Gasteiger partial charge is 0.393 e. The molecule has 0 aromatic carbocycles. The van der Waals surface area contributed by atoms with Gasteiger partial charge in [-0.1, -0.05) is 6.92 Å². The highest BCUT2D eigenvalue weighted by molar-refractivity contribution is 4.84. The zero-order chi connectivity index (χ0) is 10.6. The molecule has 0 amide bonds. The Labute approximate surface area is 86.6 Å². The van der Waals surface area contributed by atoms with Crippen molar-refractivity contribution in [3.05, 3.63) is 0 Å². The van der Waals surface area contributed by atoms with E-state index in [1.807, 2.05) is 6.92 Å². The van der Waals surface area contributed by atoms with Gasteiger partial charge in [-0.15, -0.1) is 0 Å². The summed E-state index contributed by atoms with van der Waals surface area (Å²) in [4.78, 5) is 0. The third-order valence-electron chi connectivity index (χ3n) is 3.57. The molecule has 3 nitrogen and oxygen atoms in total. The molecule has 14 heavy (non-hydrogen) atoms. The number of hydrogen-bond acceptors (Lipinski definition) is 3. The summed E-state index contributed by atoms with van der Waals surface area (Å²) >= 11 is 0. The van der Waals surface area contributed by atoms with E-state index < -0.39 is 0 Å². The molecule has 3 heteroatoms. The molecule has 1 saturated heterocycles. The maximum atomic E-state index is 9.69. The van der Waals surface area contributed by atoms with Gasteiger partial charge in [0.1, 0.15) is 0 Å². The van der Waals surface area contributed by atoms with Crippen LogP contribution in [0.3, 0.4) is 0 Å². The topological polar surface area (TPSA) is 55.5 Å². The second-order valence-electron chi connectivity index (χ2n) is 4.79. The first kappa shape index (κ1) is 12.0. The Morgan fingerprint density at radius 2 is 2.07 bits per heavy atom. The lowest BCUT2D eigenvalue weighted by molar-refractivity contribution is 0.00778. The summed E-state index contributed by atoms with van der Waals surface area (Å²) < 4.78 is 5.31. The van der Waals surface area contributed by atoms with Gasteiger partial charge >= 0.3 is 0 Å². The minimum Gasteiger partial charge on any atom is -0.393 e. The van der Waals surface area contributed by atoms with Crippen LogP contribution in [0, 0.1) is 11.3 Å². The maximum Gasteiger partial charge on any atom is 0.0577 e. The van der Waals surface area contributed by atoms with E-state index in [-0.39, 0.29) is 11.5 Å². The third-order valence-corrected chi connectivity index (χ3v) is 3.57. The van der Waals surface area contributed by atoms with Crippen LogP contribution in [0.15, 0.2) is 0 Å². The van der Waals surface area contributed by atoms with Crippen molar-refractivity contribution in [2.45, 2.75) is 39.2 Å². The molecule has 84 valence electrons. The third kappa shape index (κ3) is 2.94. The zero-order valence-electron chi connectivity index (χ0n) is 9.33. The molecular weight excluding hydrogens is 178 g/mol.